The maximum absolute atomic E-state index is 9.25. The molecule has 0 saturated carbocycles. The normalized spacial score (nSPS) is 27.9. The average molecular weight is 232 g/mol. The van der Waals surface area contributed by atoms with Crippen molar-refractivity contribution < 1.29 is 9.84 Å². The summed E-state index contributed by atoms with van der Waals surface area (Å²) in [6.45, 7) is 1.66. The van der Waals surface area contributed by atoms with E-state index < -0.39 is 0 Å². The van der Waals surface area contributed by atoms with Crippen LogP contribution in [-0.4, -0.2) is 30.2 Å². The van der Waals surface area contributed by atoms with Crippen molar-refractivity contribution in [3.63, 3.8) is 0 Å². The lowest BCUT2D eigenvalue weighted by Gasteiger charge is -2.08. The van der Waals surface area contributed by atoms with E-state index in [1.165, 1.54) is 6.42 Å². The van der Waals surface area contributed by atoms with Crippen molar-refractivity contribution in [2.75, 3.05) is 13.2 Å². The van der Waals surface area contributed by atoms with Gasteiger partial charge in [0.05, 0.1) is 6.04 Å². The number of aromatic hydroxyl groups is 1. The highest BCUT2D eigenvalue weighted by Gasteiger charge is 2.28. The lowest BCUT2D eigenvalue weighted by atomic mass is 10.1. The Morgan fingerprint density at radius 3 is 2.82 bits per heavy atom. The number of hydrogen-bond acceptors (Lipinski definition) is 4. The summed E-state index contributed by atoms with van der Waals surface area (Å²) in [4.78, 5) is 4.62. The molecule has 0 bridgehead atoms. The molecule has 1 aromatic carbocycles. The van der Waals surface area contributed by atoms with Gasteiger partial charge >= 0.3 is 0 Å². The van der Waals surface area contributed by atoms with Crippen LogP contribution in [0.15, 0.2) is 29.3 Å². The summed E-state index contributed by atoms with van der Waals surface area (Å²) >= 11 is 0. The molecule has 0 aromatic heterocycles. The van der Waals surface area contributed by atoms with Crippen LogP contribution in [-0.2, 0) is 4.74 Å². The molecule has 4 heteroatoms. The molecule has 2 atom stereocenters. The van der Waals surface area contributed by atoms with Crippen molar-refractivity contribution >= 4 is 5.90 Å². The Morgan fingerprint density at radius 1 is 1.29 bits per heavy atom. The molecule has 90 valence electrons. The third-order valence-electron chi connectivity index (χ3n) is 3.31. The zero-order valence-corrected chi connectivity index (χ0v) is 9.60. The second kappa shape index (κ2) is 4.37. The predicted molar refractivity (Wildman–Crippen MR) is 65.3 cm³/mol. The third-order valence-corrected chi connectivity index (χ3v) is 3.31. The van der Waals surface area contributed by atoms with Gasteiger partial charge < -0.3 is 15.2 Å². The molecule has 0 spiro atoms. The fourth-order valence-electron chi connectivity index (χ4n) is 2.35. The first-order chi connectivity index (χ1) is 8.33. The summed E-state index contributed by atoms with van der Waals surface area (Å²) in [6.07, 6.45) is 2.30. The maximum Gasteiger partial charge on any atom is 0.201 e. The zero-order valence-electron chi connectivity index (χ0n) is 9.60. The van der Waals surface area contributed by atoms with Gasteiger partial charge in [-0.1, -0.05) is 12.1 Å². The van der Waals surface area contributed by atoms with E-state index in [2.05, 4.69) is 10.3 Å². The first-order valence-electron chi connectivity index (χ1n) is 6.06. The molecule has 1 fully saturated rings. The predicted octanol–water partition coefficient (Wildman–Crippen LogP) is 1.61. The molecule has 1 saturated heterocycles. The lowest BCUT2D eigenvalue weighted by Crippen LogP contribution is -2.30. The van der Waals surface area contributed by atoms with Gasteiger partial charge in [0.1, 0.15) is 18.4 Å². The van der Waals surface area contributed by atoms with E-state index in [4.69, 9.17) is 4.74 Å². The number of benzene rings is 1. The molecule has 2 heterocycles. The highest BCUT2D eigenvalue weighted by atomic mass is 16.5. The Morgan fingerprint density at radius 2 is 2.12 bits per heavy atom. The summed E-state index contributed by atoms with van der Waals surface area (Å²) in [5.41, 5.74) is 1.09. The Kier molecular flexibility index (Phi) is 2.73. The van der Waals surface area contributed by atoms with Gasteiger partial charge in [0.15, 0.2) is 0 Å². The fourth-order valence-corrected chi connectivity index (χ4v) is 2.35. The number of ether oxygens (including phenoxy) is 1. The second-order valence-corrected chi connectivity index (χ2v) is 4.53. The van der Waals surface area contributed by atoms with Crippen LogP contribution in [0.5, 0.6) is 5.75 Å². The van der Waals surface area contributed by atoms with E-state index in [-0.39, 0.29) is 11.8 Å². The van der Waals surface area contributed by atoms with Gasteiger partial charge in [-0.25, -0.2) is 4.99 Å². The van der Waals surface area contributed by atoms with E-state index in [1.54, 1.807) is 12.1 Å². The van der Waals surface area contributed by atoms with Crippen LogP contribution in [0.4, 0.5) is 0 Å². The van der Waals surface area contributed by atoms with Crippen LogP contribution >= 0.6 is 0 Å². The third kappa shape index (κ3) is 2.13. The number of phenols is 1. The zero-order chi connectivity index (χ0) is 11.7. The van der Waals surface area contributed by atoms with Crippen LogP contribution < -0.4 is 5.32 Å². The summed E-state index contributed by atoms with van der Waals surface area (Å²) in [5.74, 6) is 1.13. The molecule has 3 rings (SSSR count). The van der Waals surface area contributed by atoms with Crippen molar-refractivity contribution in [3.8, 4) is 5.75 Å². The van der Waals surface area contributed by atoms with Crippen molar-refractivity contribution in [1.29, 1.82) is 0 Å². The minimum atomic E-state index is 0.0769. The second-order valence-electron chi connectivity index (χ2n) is 4.53. The van der Waals surface area contributed by atoms with Crippen LogP contribution in [0.25, 0.3) is 0 Å². The quantitative estimate of drug-likeness (QED) is 0.814. The van der Waals surface area contributed by atoms with Crippen molar-refractivity contribution in [2.45, 2.75) is 24.9 Å². The molecule has 0 radical (unpaired) electrons. The van der Waals surface area contributed by atoms with Gasteiger partial charge in [-0.2, -0.15) is 0 Å². The SMILES string of the molecule is Oc1ccc(C2COC(C3CCCN3)=N2)cc1. The fraction of sp³-hybridized carbons (Fsp3) is 0.462. The highest BCUT2D eigenvalue weighted by molar-refractivity contribution is 5.83. The summed E-state index contributed by atoms with van der Waals surface area (Å²) < 4.78 is 5.66. The van der Waals surface area contributed by atoms with E-state index >= 15 is 0 Å². The Hall–Kier alpha value is -1.55. The van der Waals surface area contributed by atoms with Gasteiger partial charge in [-0.05, 0) is 37.1 Å². The minimum Gasteiger partial charge on any atom is -0.508 e. The van der Waals surface area contributed by atoms with Gasteiger partial charge in [0, 0.05) is 0 Å². The van der Waals surface area contributed by atoms with Crippen molar-refractivity contribution in [2.24, 2.45) is 4.99 Å². The molecule has 0 amide bonds. The number of nitrogens with zero attached hydrogens (tertiary/aromatic N) is 1. The van der Waals surface area contributed by atoms with Crippen molar-refractivity contribution in [3.05, 3.63) is 29.8 Å². The first kappa shape index (κ1) is 10.6. The number of hydrogen-bond donors (Lipinski definition) is 2. The first-order valence-corrected chi connectivity index (χ1v) is 6.06. The number of aliphatic imine (C=N–C) groups is 1. The van der Waals surface area contributed by atoms with Crippen LogP contribution in [0, 0.1) is 0 Å². The Bertz CT molecular complexity index is 422. The molecular formula is C13H16N2O2. The standard InChI is InChI=1S/C13H16N2O2/c16-10-5-3-9(4-6-10)12-8-17-13(15-12)11-2-1-7-14-11/h3-6,11-12,14,16H,1-2,7-8H2. The molecule has 1 aromatic rings. The van der Waals surface area contributed by atoms with Gasteiger partial charge in [0.25, 0.3) is 0 Å². The lowest BCUT2D eigenvalue weighted by molar-refractivity contribution is 0.304. The molecular weight excluding hydrogens is 216 g/mol. The number of nitrogens with one attached hydrogen (secondary N) is 1. The average Bonchev–Trinajstić information content (AvgIpc) is 3.00. The van der Waals surface area contributed by atoms with Crippen LogP contribution in [0.2, 0.25) is 0 Å². The van der Waals surface area contributed by atoms with Crippen LogP contribution in [0.1, 0.15) is 24.4 Å². The van der Waals surface area contributed by atoms with Crippen LogP contribution in [0.3, 0.4) is 0 Å². The number of phenolic OH excluding ortho intramolecular Hbond substituents is 1. The Labute approximate surface area is 100 Å². The molecule has 17 heavy (non-hydrogen) atoms. The molecule has 2 aliphatic rings. The molecule has 0 aliphatic carbocycles. The molecule has 2 unspecified atom stereocenters. The monoisotopic (exact) mass is 232 g/mol. The van der Waals surface area contributed by atoms with E-state index in [0.717, 1.165) is 24.4 Å². The Balaban J connectivity index is 1.75. The van der Waals surface area contributed by atoms with E-state index in [9.17, 15) is 5.11 Å². The summed E-state index contributed by atoms with van der Waals surface area (Å²) in [5, 5.41) is 12.6. The van der Waals surface area contributed by atoms with Gasteiger partial charge in [-0.3, -0.25) is 0 Å². The molecule has 4 nitrogen and oxygen atoms in total. The summed E-state index contributed by atoms with van der Waals surface area (Å²) in [6, 6.07) is 7.56. The topological polar surface area (TPSA) is 53.9 Å². The summed E-state index contributed by atoms with van der Waals surface area (Å²) in [7, 11) is 0. The highest BCUT2D eigenvalue weighted by Crippen LogP contribution is 2.26. The maximum atomic E-state index is 9.25. The van der Waals surface area contributed by atoms with Gasteiger partial charge in [0.2, 0.25) is 5.90 Å². The largest absolute Gasteiger partial charge is 0.508 e. The molecule has 2 aliphatic heterocycles. The minimum absolute atomic E-state index is 0.0769. The smallest absolute Gasteiger partial charge is 0.201 e. The van der Waals surface area contributed by atoms with E-state index in [0.29, 0.717) is 12.6 Å². The number of rotatable bonds is 2. The van der Waals surface area contributed by atoms with Gasteiger partial charge in [-0.15, -0.1) is 0 Å². The van der Waals surface area contributed by atoms with Crippen molar-refractivity contribution in [1.82, 2.24) is 5.32 Å². The molecule has 2 N–H and O–H groups in total. The van der Waals surface area contributed by atoms with E-state index in [1.807, 2.05) is 12.1 Å².